The van der Waals surface area contributed by atoms with Gasteiger partial charge in [-0.15, -0.1) is 0 Å². The molecule has 2 aromatic rings. The molecule has 0 aliphatic carbocycles. The molecular weight excluding hydrogens is 246 g/mol. The van der Waals surface area contributed by atoms with Gasteiger partial charge in [-0.3, -0.25) is 0 Å². The highest BCUT2D eigenvalue weighted by Gasteiger charge is 2.14. The second kappa shape index (κ2) is 6.58. The van der Waals surface area contributed by atoms with E-state index in [2.05, 4.69) is 41.7 Å². The lowest BCUT2D eigenvalue weighted by atomic mass is 9.90. The second-order valence-corrected chi connectivity index (χ2v) is 5.37. The van der Waals surface area contributed by atoms with Gasteiger partial charge >= 0.3 is 0 Å². The zero-order valence-electron chi connectivity index (χ0n) is 11.7. The van der Waals surface area contributed by atoms with Crippen molar-refractivity contribution in [3.05, 3.63) is 65.7 Å². The van der Waals surface area contributed by atoms with Crippen molar-refractivity contribution in [3.63, 3.8) is 0 Å². The number of piperidine rings is 1. The van der Waals surface area contributed by atoms with Gasteiger partial charge in [0.15, 0.2) is 0 Å². The first kappa shape index (κ1) is 13.2. The van der Waals surface area contributed by atoms with Crippen molar-refractivity contribution in [2.24, 2.45) is 0 Å². The van der Waals surface area contributed by atoms with E-state index < -0.39 is 0 Å². The summed E-state index contributed by atoms with van der Waals surface area (Å²) in [7, 11) is 0. The van der Waals surface area contributed by atoms with Gasteiger partial charge in [0.1, 0.15) is 12.4 Å². The topological polar surface area (TPSA) is 21.3 Å². The normalized spacial score (nSPS) is 16.0. The van der Waals surface area contributed by atoms with Crippen LogP contribution in [0.3, 0.4) is 0 Å². The van der Waals surface area contributed by atoms with Crippen LogP contribution in [0.1, 0.15) is 29.9 Å². The molecule has 0 radical (unpaired) electrons. The highest BCUT2D eigenvalue weighted by atomic mass is 16.5. The van der Waals surface area contributed by atoms with Crippen molar-refractivity contribution in [1.29, 1.82) is 0 Å². The fourth-order valence-corrected chi connectivity index (χ4v) is 2.73. The van der Waals surface area contributed by atoms with Crippen LogP contribution < -0.4 is 10.1 Å². The zero-order valence-corrected chi connectivity index (χ0v) is 11.7. The van der Waals surface area contributed by atoms with Crippen molar-refractivity contribution >= 4 is 0 Å². The first-order chi connectivity index (χ1) is 9.92. The van der Waals surface area contributed by atoms with Gasteiger partial charge in [-0.25, -0.2) is 0 Å². The maximum absolute atomic E-state index is 5.82. The first-order valence-electron chi connectivity index (χ1n) is 7.39. The van der Waals surface area contributed by atoms with Crippen molar-refractivity contribution in [2.45, 2.75) is 25.4 Å². The van der Waals surface area contributed by atoms with Gasteiger partial charge in [0.05, 0.1) is 0 Å². The number of benzene rings is 2. The number of rotatable bonds is 4. The van der Waals surface area contributed by atoms with Crippen LogP contribution in [-0.4, -0.2) is 13.1 Å². The van der Waals surface area contributed by atoms with E-state index in [1.54, 1.807) is 0 Å². The third-order valence-electron chi connectivity index (χ3n) is 3.94. The van der Waals surface area contributed by atoms with Crippen LogP contribution in [0.5, 0.6) is 5.75 Å². The Bertz CT molecular complexity index is 515. The van der Waals surface area contributed by atoms with Crippen LogP contribution in [0.25, 0.3) is 0 Å². The van der Waals surface area contributed by atoms with E-state index in [0.29, 0.717) is 12.5 Å². The van der Waals surface area contributed by atoms with Crippen molar-refractivity contribution in [3.8, 4) is 5.75 Å². The van der Waals surface area contributed by atoms with Crippen molar-refractivity contribution < 1.29 is 4.74 Å². The average Bonchev–Trinajstić information content (AvgIpc) is 2.55. The minimum absolute atomic E-state index is 0.632. The Labute approximate surface area is 120 Å². The SMILES string of the molecule is c1ccc(COc2ccc(C3CCNCC3)cc2)cc1. The van der Waals surface area contributed by atoms with Crippen molar-refractivity contribution in [1.82, 2.24) is 5.32 Å². The molecule has 1 saturated heterocycles. The molecule has 1 aliphatic rings. The van der Waals surface area contributed by atoms with E-state index in [1.165, 1.54) is 24.0 Å². The third-order valence-corrected chi connectivity index (χ3v) is 3.94. The molecule has 104 valence electrons. The first-order valence-corrected chi connectivity index (χ1v) is 7.39. The molecule has 2 aromatic carbocycles. The highest BCUT2D eigenvalue weighted by molar-refractivity contribution is 5.30. The summed E-state index contributed by atoms with van der Waals surface area (Å²) < 4.78 is 5.82. The number of ether oxygens (including phenoxy) is 1. The molecule has 1 N–H and O–H groups in total. The molecule has 1 fully saturated rings. The van der Waals surface area contributed by atoms with Gasteiger partial charge in [0.2, 0.25) is 0 Å². The smallest absolute Gasteiger partial charge is 0.119 e. The molecule has 2 heteroatoms. The molecular formula is C18H21NO. The largest absolute Gasteiger partial charge is 0.489 e. The Balaban J connectivity index is 1.58. The molecule has 0 aromatic heterocycles. The van der Waals surface area contributed by atoms with Crippen LogP contribution in [0.15, 0.2) is 54.6 Å². The van der Waals surface area contributed by atoms with Gasteiger partial charge in [0.25, 0.3) is 0 Å². The van der Waals surface area contributed by atoms with E-state index in [-0.39, 0.29) is 0 Å². The molecule has 3 rings (SSSR count). The van der Waals surface area contributed by atoms with Gasteiger partial charge < -0.3 is 10.1 Å². The average molecular weight is 267 g/mol. The molecule has 20 heavy (non-hydrogen) atoms. The lowest BCUT2D eigenvalue weighted by molar-refractivity contribution is 0.306. The van der Waals surface area contributed by atoms with Crippen LogP contribution in [0, 0.1) is 0 Å². The lowest BCUT2D eigenvalue weighted by Gasteiger charge is -2.23. The quantitative estimate of drug-likeness (QED) is 0.911. The van der Waals surface area contributed by atoms with Crippen LogP contribution >= 0.6 is 0 Å². The molecule has 0 amide bonds. The van der Waals surface area contributed by atoms with Crippen LogP contribution in [-0.2, 0) is 6.61 Å². The van der Waals surface area contributed by atoms with Crippen molar-refractivity contribution in [2.75, 3.05) is 13.1 Å². The van der Waals surface area contributed by atoms with Gasteiger partial charge in [0, 0.05) is 0 Å². The number of hydrogen-bond acceptors (Lipinski definition) is 2. The highest BCUT2D eigenvalue weighted by Crippen LogP contribution is 2.26. The predicted octanol–water partition coefficient (Wildman–Crippen LogP) is 3.73. The van der Waals surface area contributed by atoms with Crippen LogP contribution in [0.2, 0.25) is 0 Å². The summed E-state index contributed by atoms with van der Waals surface area (Å²) in [5, 5.41) is 3.41. The molecule has 0 bridgehead atoms. The second-order valence-electron chi connectivity index (χ2n) is 5.37. The fraction of sp³-hybridized carbons (Fsp3) is 0.333. The van der Waals surface area contributed by atoms with E-state index in [4.69, 9.17) is 4.74 Å². The third kappa shape index (κ3) is 3.40. The maximum Gasteiger partial charge on any atom is 0.119 e. The molecule has 1 aliphatic heterocycles. The monoisotopic (exact) mass is 267 g/mol. The Kier molecular flexibility index (Phi) is 4.34. The van der Waals surface area contributed by atoms with Gasteiger partial charge in [-0.2, -0.15) is 0 Å². The molecule has 0 spiro atoms. The zero-order chi connectivity index (χ0) is 13.6. The minimum Gasteiger partial charge on any atom is -0.489 e. The van der Waals surface area contributed by atoms with Gasteiger partial charge in [-0.1, -0.05) is 42.5 Å². The Hall–Kier alpha value is -1.80. The van der Waals surface area contributed by atoms with Crippen LogP contribution in [0.4, 0.5) is 0 Å². The standard InChI is InChI=1S/C18H21NO/c1-2-4-15(5-3-1)14-20-18-8-6-16(7-9-18)17-10-12-19-13-11-17/h1-9,17,19H,10-14H2. The van der Waals surface area contributed by atoms with E-state index in [9.17, 15) is 0 Å². The summed E-state index contributed by atoms with van der Waals surface area (Å²) >= 11 is 0. The van der Waals surface area contributed by atoms with E-state index >= 15 is 0 Å². The predicted molar refractivity (Wildman–Crippen MR) is 82.1 cm³/mol. The molecule has 0 saturated carbocycles. The Morgan fingerprint density at radius 3 is 2.30 bits per heavy atom. The minimum atomic E-state index is 0.632. The summed E-state index contributed by atoms with van der Waals surface area (Å²) in [4.78, 5) is 0. The molecule has 0 atom stereocenters. The summed E-state index contributed by atoms with van der Waals surface area (Å²) in [6, 6.07) is 18.9. The Morgan fingerprint density at radius 2 is 1.60 bits per heavy atom. The van der Waals surface area contributed by atoms with Gasteiger partial charge in [-0.05, 0) is 55.1 Å². The summed E-state index contributed by atoms with van der Waals surface area (Å²) in [6.07, 6.45) is 2.48. The Morgan fingerprint density at radius 1 is 0.900 bits per heavy atom. The summed E-state index contributed by atoms with van der Waals surface area (Å²) in [5.41, 5.74) is 2.65. The fourth-order valence-electron chi connectivity index (χ4n) is 2.73. The molecule has 2 nitrogen and oxygen atoms in total. The maximum atomic E-state index is 5.82. The molecule has 0 unspecified atom stereocenters. The molecule has 1 heterocycles. The van der Waals surface area contributed by atoms with E-state index in [0.717, 1.165) is 18.8 Å². The number of nitrogens with one attached hydrogen (secondary N) is 1. The summed E-state index contributed by atoms with van der Waals surface area (Å²) in [5.74, 6) is 1.66. The lowest BCUT2D eigenvalue weighted by Crippen LogP contribution is -2.26. The van der Waals surface area contributed by atoms with E-state index in [1.807, 2.05) is 18.2 Å². The summed E-state index contributed by atoms with van der Waals surface area (Å²) in [6.45, 7) is 2.90. The number of hydrogen-bond donors (Lipinski definition) is 1.